The minimum atomic E-state index is -0.608. The average Bonchev–Trinajstić information content (AvgIpc) is 3.33. The summed E-state index contributed by atoms with van der Waals surface area (Å²) in [6, 6.07) is 2.19. The fraction of sp³-hybridized carbons (Fsp3) is 0.700. The number of aromatic nitrogens is 3. The number of rotatable bonds is 3. The number of piperidine rings is 1. The largest absolute Gasteiger partial charge is 0.386 e. The van der Waals surface area contributed by atoms with Crippen molar-refractivity contribution < 1.29 is 14.6 Å². The van der Waals surface area contributed by atoms with Gasteiger partial charge in [-0.2, -0.15) is 0 Å². The van der Waals surface area contributed by atoms with E-state index in [4.69, 9.17) is 21.1 Å². The van der Waals surface area contributed by atoms with Gasteiger partial charge in [-0.15, -0.1) is 16.4 Å². The maximum Gasteiger partial charge on any atom is 0.106 e. The van der Waals surface area contributed by atoms with Crippen molar-refractivity contribution >= 4 is 22.9 Å². The van der Waals surface area contributed by atoms with Crippen LogP contribution in [-0.2, 0) is 21.6 Å². The second-order valence-electron chi connectivity index (χ2n) is 8.61. The molecule has 5 heterocycles. The molecule has 5 rings (SSSR count). The first-order chi connectivity index (χ1) is 14.0. The molecule has 2 N–H and O–H groups in total. The molecule has 2 fully saturated rings. The van der Waals surface area contributed by atoms with Crippen molar-refractivity contribution in [2.45, 2.75) is 62.9 Å². The summed E-state index contributed by atoms with van der Waals surface area (Å²) in [5.41, 5.74) is 1.43. The van der Waals surface area contributed by atoms with E-state index in [1.165, 1.54) is 11.3 Å². The number of nitrogens with zero attached hydrogens (tertiary/aromatic N) is 3. The fourth-order valence-electron chi connectivity index (χ4n) is 4.99. The van der Waals surface area contributed by atoms with E-state index in [1.54, 1.807) is 0 Å². The van der Waals surface area contributed by atoms with E-state index in [0.29, 0.717) is 16.9 Å². The Bertz CT molecular complexity index is 868. The number of thiophene rings is 1. The number of halogens is 1. The van der Waals surface area contributed by atoms with E-state index < -0.39 is 11.7 Å². The standard InChI is InChI=1S/C20H27ClN4O3S/c1-12-7-20(19-14(6-18(21)29-19)17(26)11-28-20)8-15(22-12)16-10-25(24-23-16)9-13-2-4-27-5-3-13/h6,10,12-13,15,17,22,26H,2-5,7-9,11H2,1H3/t12-,15-,17+,20-/m0/s1. The molecule has 3 aliphatic rings. The first kappa shape index (κ1) is 19.9. The molecule has 0 aromatic carbocycles. The molecule has 1 spiro atoms. The van der Waals surface area contributed by atoms with E-state index in [1.807, 2.05) is 10.7 Å². The molecule has 158 valence electrons. The normalized spacial score (nSPS) is 33.1. The number of aliphatic hydroxyl groups is 1. The summed E-state index contributed by atoms with van der Waals surface area (Å²) in [5, 5.41) is 22.9. The third-order valence-corrected chi connectivity index (χ3v) is 7.84. The van der Waals surface area contributed by atoms with Gasteiger partial charge in [0, 0.05) is 42.7 Å². The average molecular weight is 439 g/mol. The maximum absolute atomic E-state index is 10.4. The molecule has 29 heavy (non-hydrogen) atoms. The van der Waals surface area contributed by atoms with E-state index in [-0.39, 0.29) is 12.1 Å². The van der Waals surface area contributed by atoms with Gasteiger partial charge in [-0.3, -0.25) is 4.68 Å². The second kappa shape index (κ2) is 7.90. The molecule has 2 aromatic rings. The van der Waals surface area contributed by atoms with Gasteiger partial charge in [0.1, 0.15) is 11.7 Å². The van der Waals surface area contributed by atoms with Crippen molar-refractivity contribution in [2.75, 3.05) is 19.8 Å². The summed E-state index contributed by atoms with van der Waals surface area (Å²) in [7, 11) is 0. The van der Waals surface area contributed by atoms with E-state index >= 15 is 0 Å². The first-order valence-electron chi connectivity index (χ1n) is 10.4. The highest BCUT2D eigenvalue weighted by atomic mass is 35.5. The minimum Gasteiger partial charge on any atom is -0.386 e. The van der Waals surface area contributed by atoms with Crippen LogP contribution in [0.5, 0.6) is 0 Å². The smallest absolute Gasteiger partial charge is 0.106 e. The number of fused-ring (bicyclic) bond motifs is 2. The lowest BCUT2D eigenvalue weighted by Crippen LogP contribution is -2.50. The summed E-state index contributed by atoms with van der Waals surface area (Å²) >= 11 is 7.83. The first-order valence-corrected chi connectivity index (χ1v) is 11.6. The van der Waals surface area contributed by atoms with Gasteiger partial charge in [0.2, 0.25) is 0 Å². The fourth-order valence-corrected chi connectivity index (χ4v) is 6.44. The Kier molecular flexibility index (Phi) is 5.43. The Morgan fingerprint density at radius 1 is 1.38 bits per heavy atom. The van der Waals surface area contributed by atoms with Crippen molar-refractivity contribution in [3.63, 3.8) is 0 Å². The number of nitrogens with one attached hydrogen (secondary N) is 1. The third kappa shape index (κ3) is 3.86. The molecule has 9 heteroatoms. The summed E-state index contributed by atoms with van der Waals surface area (Å²) in [6.07, 6.45) is 5.21. The van der Waals surface area contributed by atoms with Crippen LogP contribution < -0.4 is 5.32 Å². The van der Waals surface area contributed by atoms with Gasteiger partial charge >= 0.3 is 0 Å². The summed E-state index contributed by atoms with van der Waals surface area (Å²) in [5.74, 6) is 0.599. The molecule has 7 nitrogen and oxygen atoms in total. The van der Waals surface area contributed by atoms with Crippen molar-refractivity contribution in [3.8, 4) is 0 Å². The lowest BCUT2D eigenvalue weighted by molar-refractivity contribution is -0.129. The summed E-state index contributed by atoms with van der Waals surface area (Å²) in [4.78, 5) is 1.06. The van der Waals surface area contributed by atoms with Gasteiger partial charge in [-0.05, 0) is 38.2 Å². The van der Waals surface area contributed by atoms with E-state index in [0.717, 1.165) is 61.6 Å². The predicted molar refractivity (Wildman–Crippen MR) is 110 cm³/mol. The highest BCUT2D eigenvalue weighted by molar-refractivity contribution is 7.16. The van der Waals surface area contributed by atoms with Gasteiger partial charge in [-0.1, -0.05) is 16.8 Å². The Morgan fingerprint density at radius 3 is 3.03 bits per heavy atom. The third-order valence-electron chi connectivity index (χ3n) is 6.38. The molecule has 0 saturated carbocycles. The number of ether oxygens (including phenoxy) is 2. The molecular weight excluding hydrogens is 412 g/mol. The molecular formula is C20H27ClN4O3S. The Balaban J connectivity index is 1.38. The number of hydrogen-bond acceptors (Lipinski definition) is 7. The molecule has 0 aliphatic carbocycles. The van der Waals surface area contributed by atoms with Crippen LogP contribution in [-0.4, -0.2) is 46.0 Å². The Labute approximate surface area is 179 Å². The Morgan fingerprint density at radius 2 is 2.21 bits per heavy atom. The Hall–Kier alpha value is -1.03. The summed E-state index contributed by atoms with van der Waals surface area (Å²) < 4.78 is 14.4. The molecule has 4 atom stereocenters. The predicted octanol–water partition coefficient (Wildman–Crippen LogP) is 3.19. The van der Waals surface area contributed by atoms with Gasteiger partial charge in [0.25, 0.3) is 0 Å². The van der Waals surface area contributed by atoms with Crippen molar-refractivity contribution in [1.82, 2.24) is 20.3 Å². The van der Waals surface area contributed by atoms with Crippen LogP contribution in [0.3, 0.4) is 0 Å². The molecule has 0 amide bonds. The monoisotopic (exact) mass is 438 g/mol. The van der Waals surface area contributed by atoms with Gasteiger partial charge in [-0.25, -0.2) is 0 Å². The lowest BCUT2D eigenvalue weighted by Gasteiger charge is -2.46. The van der Waals surface area contributed by atoms with Crippen molar-refractivity contribution in [2.24, 2.45) is 5.92 Å². The minimum absolute atomic E-state index is 0.0474. The van der Waals surface area contributed by atoms with Gasteiger partial charge in [0.05, 0.1) is 28.9 Å². The SMILES string of the molecule is C[C@H]1C[C@@]2(C[C@@H](c3cn(CC4CCOCC4)nn3)N1)OC[C@@H](O)c1cc(Cl)sc12. The van der Waals surface area contributed by atoms with Crippen LogP contribution in [0.1, 0.15) is 60.9 Å². The van der Waals surface area contributed by atoms with Crippen LogP contribution in [0.4, 0.5) is 0 Å². The molecule has 0 bridgehead atoms. The van der Waals surface area contributed by atoms with Crippen molar-refractivity contribution in [3.05, 3.63) is 32.7 Å². The highest BCUT2D eigenvalue weighted by Crippen LogP contribution is 2.51. The van der Waals surface area contributed by atoms with Crippen LogP contribution in [0, 0.1) is 5.92 Å². The van der Waals surface area contributed by atoms with Crippen LogP contribution in [0.15, 0.2) is 12.3 Å². The second-order valence-corrected chi connectivity index (χ2v) is 10.3. The summed E-state index contributed by atoms with van der Waals surface area (Å²) in [6.45, 7) is 5.04. The maximum atomic E-state index is 10.4. The lowest BCUT2D eigenvalue weighted by atomic mass is 9.79. The zero-order chi connectivity index (χ0) is 20.0. The van der Waals surface area contributed by atoms with Gasteiger partial charge < -0.3 is 19.9 Å². The number of aliphatic hydroxyl groups excluding tert-OH is 1. The zero-order valence-electron chi connectivity index (χ0n) is 16.5. The zero-order valence-corrected chi connectivity index (χ0v) is 18.1. The molecule has 3 aliphatic heterocycles. The molecule has 0 unspecified atom stereocenters. The quantitative estimate of drug-likeness (QED) is 0.765. The van der Waals surface area contributed by atoms with Crippen LogP contribution in [0.2, 0.25) is 4.34 Å². The molecule has 0 radical (unpaired) electrons. The van der Waals surface area contributed by atoms with Gasteiger partial charge in [0.15, 0.2) is 0 Å². The van der Waals surface area contributed by atoms with E-state index in [2.05, 4.69) is 28.7 Å². The topological polar surface area (TPSA) is 81.4 Å². The van der Waals surface area contributed by atoms with Crippen LogP contribution >= 0.6 is 22.9 Å². The van der Waals surface area contributed by atoms with Crippen LogP contribution in [0.25, 0.3) is 0 Å². The molecule has 2 aromatic heterocycles. The highest BCUT2D eigenvalue weighted by Gasteiger charge is 2.48. The van der Waals surface area contributed by atoms with E-state index in [9.17, 15) is 5.11 Å². The number of hydrogen-bond donors (Lipinski definition) is 2. The molecule has 2 saturated heterocycles. The van der Waals surface area contributed by atoms with Crippen molar-refractivity contribution in [1.29, 1.82) is 0 Å².